The van der Waals surface area contributed by atoms with Gasteiger partial charge in [-0.05, 0) is 18.9 Å². The van der Waals surface area contributed by atoms with Crippen LogP contribution in [0.5, 0.6) is 5.75 Å². The number of amides is 1. The maximum absolute atomic E-state index is 12.7. The van der Waals surface area contributed by atoms with Gasteiger partial charge in [0.2, 0.25) is 5.91 Å². The van der Waals surface area contributed by atoms with Crippen LogP contribution in [0.2, 0.25) is 0 Å². The minimum Gasteiger partial charge on any atom is -0.550 e. The lowest BCUT2D eigenvalue weighted by atomic mass is 9.78. The molecule has 1 saturated carbocycles. The fraction of sp³-hybridized carbons (Fsp3) is 0.500. The second-order valence-electron chi connectivity index (χ2n) is 6.02. The average molecular weight is 348 g/mol. The van der Waals surface area contributed by atoms with Crippen molar-refractivity contribution in [2.24, 2.45) is 11.8 Å². The van der Waals surface area contributed by atoms with E-state index in [2.05, 4.69) is 5.32 Å². The lowest BCUT2D eigenvalue weighted by Gasteiger charge is -2.32. The summed E-state index contributed by atoms with van der Waals surface area (Å²) >= 11 is 0. The van der Waals surface area contributed by atoms with E-state index in [-0.39, 0.29) is 0 Å². The number of nitrogens with one attached hydrogen (secondary N) is 1. The zero-order valence-electron chi connectivity index (χ0n) is 14.3. The van der Waals surface area contributed by atoms with Gasteiger partial charge >= 0.3 is 5.97 Å². The fourth-order valence-electron chi connectivity index (χ4n) is 3.26. The fourth-order valence-corrected chi connectivity index (χ4v) is 3.26. The first-order chi connectivity index (χ1) is 12.0. The number of carbonyl (C=O) groups excluding carboxylic acids is 3. The molecule has 0 aromatic heterocycles. The van der Waals surface area contributed by atoms with Crippen LogP contribution in [0.4, 0.5) is 0 Å². The smallest absolute Gasteiger partial charge is 0.333 e. The van der Waals surface area contributed by atoms with Crippen molar-refractivity contribution in [2.45, 2.75) is 31.7 Å². The van der Waals surface area contributed by atoms with Gasteiger partial charge in [-0.15, -0.1) is 0 Å². The molecule has 1 N–H and O–H groups in total. The highest BCUT2D eigenvalue weighted by Crippen LogP contribution is 2.32. The molecule has 0 spiro atoms. The van der Waals surface area contributed by atoms with Crippen LogP contribution in [-0.2, 0) is 19.1 Å². The normalized spacial score (nSPS) is 21.0. The second-order valence-corrected chi connectivity index (χ2v) is 6.02. The number of hydrogen-bond acceptors (Lipinski definition) is 6. The molecule has 7 heteroatoms. The summed E-state index contributed by atoms with van der Waals surface area (Å²) in [4.78, 5) is 36.2. The number of ether oxygens (including phenoxy) is 2. The Kier molecular flexibility index (Phi) is 6.38. The van der Waals surface area contributed by atoms with Crippen LogP contribution in [0, 0.1) is 11.8 Å². The van der Waals surface area contributed by atoms with Crippen molar-refractivity contribution in [1.29, 1.82) is 0 Å². The lowest BCUT2D eigenvalue weighted by Crippen LogP contribution is -2.46. The molecule has 1 fully saturated rings. The predicted octanol–water partition coefficient (Wildman–Crippen LogP) is 0.582. The monoisotopic (exact) mass is 348 g/mol. The van der Waals surface area contributed by atoms with Crippen molar-refractivity contribution in [3.8, 4) is 5.75 Å². The second kappa shape index (κ2) is 8.50. The summed E-state index contributed by atoms with van der Waals surface area (Å²) in [6.07, 6.45) is 2.36. The molecule has 1 aromatic rings. The van der Waals surface area contributed by atoms with Crippen LogP contribution < -0.4 is 15.2 Å². The summed E-state index contributed by atoms with van der Waals surface area (Å²) in [5.74, 6) is -3.51. The van der Waals surface area contributed by atoms with E-state index in [9.17, 15) is 19.5 Å². The van der Waals surface area contributed by atoms with E-state index >= 15 is 0 Å². The van der Waals surface area contributed by atoms with Gasteiger partial charge in [-0.2, -0.15) is 0 Å². The topological polar surface area (TPSA) is 105 Å². The summed E-state index contributed by atoms with van der Waals surface area (Å²) in [6, 6.07) is 5.70. The van der Waals surface area contributed by atoms with E-state index < -0.39 is 35.7 Å². The molecule has 1 aliphatic rings. The zero-order chi connectivity index (χ0) is 18.4. The molecule has 1 aromatic carbocycles. The molecule has 3 atom stereocenters. The third-order valence-electron chi connectivity index (χ3n) is 4.58. The molecule has 25 heavy (non-hydrogen) atoms. The number of rotatable bonds is 6. The number of carbonyl (C=O) groups is 3. The molecule has 0 heterocycles. The maximum atomic E-state index is 12.7. The molecule has 1 amide bonds. The molecule has 1 aliphatic carbocycles. The Morgan fingerprint density at radius 1 is 1.12 bits per heavy atom. The van der Waals surface area contributed by atoms with E-state index in [1.807, 2.05) is 0 Å². The number of benzene rings is 1. The van der Waals surface area contributed by atoms with Gasteiger partial charge in [0, 0.05) is 23.4 Å². The van der Waals surface area contributed by atoms with Crippen molar-refractivity contribution in [2.75, 3.05) is 14.2 Å². The van der Waals surface area contributed by atoms with Gasteiger partial charge < -0.3 is 24.7 Å². The van der Waals surface area contributed by atoms with Gasteiger partial charge in [-0.3, -0.25) is 4.79 Å². The third kappa shape index (κ3) is 4.29. The van der Waals surface area contributed by atoms with Crippen molar-refractivity contribution in [3.05, 3.63) is 29.8 Å². The van der Waals surface area contributed by atoms with Gasteiger partial charge in [0.25, 0.3) is 0 Å². The molecule has 7 nitrogen and oxygen atoms in total. The molecular formula is C18H22NO6-. The first-order valence-corrected chi connectivity index (χ1v) is 8.21. The Balaban J connectivity index is 2.26. The summed E-state index contributed by atoms with van der Waals surface area (Å²) in [7, 11) is 2.68. The Morgan fingerprint density at radius 3 is 2.36 bits per heavy atom. The van der Waals surface area contributed by atoms with Crippen molar-refractivity contribution in [3.63, 3.8) is 0 Å². The molecule has 0 bridgehead atoms. The Hall–Kier alpha value is -2.57. The third-order valence-corrected chi connectivity index (χ3v) is 4.58. The highest BCUT2D eigenvalue weighted by atomic mass is 16.5. The lowest BCUT2D eigenvalue weighted by molar-refractivity contribution is -0.314. The minimum atomic E-state index is -1.23. The van der Waals surface area contributed by atoms with E-state index in [1.165, 1.54) is 14.2 Å². The average Bonchev–Trinajstić information content (AvgIpc) is 2.65. The molecule has 0 saturated heterocycles. The van der Waals surface area contributed by atoms with Crippen molar-refractivity contribution < 1.29 is 29.0 Å². The standard InChI is InChI=1S/C18H23NO6/c1-24-14-10-6-5-9-13(14)15(18(23)25-2)19-16(20)11-7-3-4-8-12(11)17(21)22/h5-6,9-12,15H,3-4,7-8H2,1-2H3,(H,19,20)(H,21,22)/p-1/t11-,12+,15+/m1/s1. The van der Waals surface area contributed by atoms with Gasteiger partial charge in [0.1, 0.15) is 5.75 Å². The van der Waals surface area contributed by atoms with Crippen LogP contribution in [0.3, 0.4) is 0 Å². The molecular weight excluding hydrogens is 326 g/mol. The summed E-state index contributed by atoms with van der Waals surface area (Å²) < 4.78 is 10.0. The number of carboxylic acids is 1. The SMILES string of the molecule is COC(=O)[C@@H](NC(=O)[C@@H]1CCCC[C@@H]1C(=O)[O-])c1ccccc1OC. The summed E-state index contributed by atoms with van der Waals surface area (Å²) in [6.45, 7) is 0. The van der Waals surface area contributed by atoms with Crippen LogP contribution in [0.15, 0.2) is 24.3 Å². The number of para-hydroxylation sites is 1. The Labute approximate surface area is 146 Å². The highest BCUT2D eigenvalue weighted by Gasteiger charge is 2.35. The summed E-state index contributed by atoms with van der Waals surface area (Å²) in [5, 5.41) is 13.9. The number of carboxylic acid groups (broad SMARTS) is 1. The first kappa shape index (κ1) is 18.8. The Bertz CT molecular complexity index is 644. The summed E-state index contributed by atoms with van der Waals surface area (Å²) in [5.41, 5.74) is 0.450. The zero-order valence-corrected chi connectivity index (χ0v) is 14.3. The van der Waals surface area contributed by atoms with Crippen molar-refractivity contribution in [1.82, 2.24) is 5.32 Å². The maximum Gasteiger partial charge on any atom is 0.333 e. The highest BCUT2D eigenvalue weighted by molar-refractivity contribution is 5.89. The number of aliphatic carboxylic acids is 1. The van der Waals surface area contributed by atoms with E-state index in [0.29, 0.717) is 24.2 Å². The van der Waals surface area contributed by atoms with Crippen LogP contribution in [-0.4, -0.2) is 32.1 Å². The number of hydrogen-bond donors (Lipinski definition) is 1. The Morgan fingerprint density at radius 2 is 1.76 bits per heavy atom. The minimum absolute atomic E-state index is 0.401. The largest absolute Gasteiger partial charge is 0.550 e. The van der Waals surface area contributed by atoms with Gasteiger partial charge in [0.05, 0.1) is 14.2 Å². The van der Waals surface area contributed by atoms with Gasteiger partial charge in [0.15, 0.2) is 6.04 Å². The first-order valence-electron chi connectivity index (χ1n) is 8.21. The molecule has 136 valence electrons. The quantitative estimate of drug-likeness (QED) is 0.754. The van der Waals surface area contributed by atoms with Gasteiger partial charge in [-0.25, -0.2) is 4.79 Å². The van der Waals surface area contributed by atoms with E-state index in [1.54, 1.807) is 24.3 Å². The van der Waals surface area contributed by atoms with Crippen LogP contribution >= 0.6 is 0 Å². The van der Waals surface area contributed by atoms with Crippen LogP contribution in [0.25, 0.3) is 0 Å². The molecule has 0 radical (unpaired) electrons. The van der Waals surface area contributed by atoms with Gasteiger partial charge in [-0.1, -0.05) is 31.0 Å². The van der Waals surface area contributed by atoms with Crippen LogP contribution in [0.1, 0.15) is 37.3 Å². The van der Waals surface area contributed by atoms with E-state index in [4.69, 9.17) is 9.47 Å². The van der Waals surface area contributed by atoms with Crippen molar-refractivity contribution >= 4 is 17.8 Å². The van der Waals surface area contributed by atoms with E-state index in [0.717, 1.165) is 12.8 Å². The number of esters is 1. The number of methoxy groups -OCH3 is 2. The molecule has 0 unspecified atom stereocenters. The predicted molar refractivity (Wildman–Crippen MR) is 86.3 cm³/mol. The molecule has 0 aliphatic heterocycles. The molecule has 2 rings (SSSR count).